The second kappa shape index (κ2) is 10.7. The summed E-state index contributed by atoms with van der Waals surface area (Å²) in [4.78, 5) is 44.9. The zero-order valence-corrected chi connectivity index (χ0v) is 23.6. The van der Waals surface area contributed by atoms with Crippen molar-refractivity contribution in [3.63, 3.8) is 0 Å². The number of rotatable bonds is 6. The normalized spacial score (nSPS) is 22.1. The van der Waals surface area contributed by atoms with E-state index in [1.165, 1.54) is 9.80 Å². The second-order valence-corrected chi connectivity index (χ2v) is 11.0. The van der Waals surface area contributed by atoms with Gasteiger partial charge < -0.3 is 24.7 Å². The van der Waals surface area contributed by atoms with Crippen molar-refractivity contribution in [2.45, 2.75) is 37.8 Å². The molecule has 9 heteroatoms. The van der Waals surface area contributed by atoms with Gasteiger partial charge >= 0.3 is 0 Å². The van der Waals surface area contributed by atoms with Gasteiger partial charge in [0.15, 0.2) is 11.4 Å². The van der Waals surface area contributed by atoms with Gasteiger partial charge in [-0.15, -0.1) is 0 Å². The van der Waals surface area contributed by atoms with Crippen LogP contribution in [0, 0.1) is 5.92 Å². The molecule has 0 bridgehead atoms. The van der Waals surface area contributed by atoms with E-state index in [1.54, 1.807) is 85.6 Å². The molecule has 0 spiro atoms. The van der Waals surface area contributed by atoms with Gasteiger partial charge in [0, 0.05) is 37.2 Å². The Morgan fingerprint density at radius 1 is 1.07 bits per heavy atom. The van der Waals surface area contributed by atoms with E-state index >= 15 is 0 Å². The highest BCUT2D eigenvalue weighted by molar-refractivity contribution is 6.15. The third-order valence-electron chi connectivity index (χ3n) is 8.57. The van der Waals surface area contributed by atoms with Crippen LogP contribution in [0.5, 0.6) is 11.5 Å². The number of aliphatic hydroxyl groups is 2. The van der Waals surface area contributed by atoms with Crippen LogP contribution in [-0.4, -0.2) is 59.1 Å². The van der Waals surface area contributed by atoms with Gasteiger partial charge in [-0.1, -0.05) is 43.3 Å². The number of hydrogen-bond acceptors (Lipinski definition) is 6. The lowest BCUT2D eigenvalue weighted by molar-refractivity contribution is -0.139. The first-order chi connectivity index (χ1) is 20.3. The lowest BCUT2D eigenvalue weighted by atomic mass is 9.82. The van der Waals surface area contributed by atoms with Crippen molar-refractivity contribution in [2.24, 2.45) is 5.92 Å². The van der Waals surface area contributed by atoms with E-state index in [0.29, 0.717) is 46.2 Å². The van der Waals surface area contributed by atoms with Gasteiger partial charge in [-0.05, 0) is 55.3 Å². The third kappa shape index (κ3) is 4.36. The predicted octanol–water partition coefficient (Wildman–Crippen LogP) is 4.50. The molecule has 0 aromatic heterocycles. The van der Waals surface area contributed by atoms with E-state index in [9.17, 15) is 24.6 Å². The molecule has 1 fully saturated rings. The van der Waals surface area contributed by atoms with Crippen molar-refractivity contribution >= 4 is 34.8 Å². The number of para-hydroxylation sites is 3. The van der Waals surface area contributed by atoms with Crippen LogP contribution in [-0.2, 0) is 15.2 Å². The van der Waals surface area contributed by atoms with Crippen LogP contribution in [0.2, 0.25) is 0 Å². The standard InChI is InChI=1S/C33H33N3O6/c1-21(9-7-15-30(38)35-18-8-10-23(35)20-37)33(41)25-19-22(16-17-26(25)34(2)32(33)40)36-27-12-4-6-14-29(27)42-28-13-5-3-11-24(28)31(36)39/h3-7,9,11-14,16-17,19,21,23,37,41H,8,10,15,18,20H2,1-2H3/b9-7+/t21-,23+,33+/m1/s1. The molecule has 3 atom stereocenters. The minimum Gasteiger partial charge on any atom is -0.454 e. The highest BCUT2D eigenvalue weighted by Crippen LogP contribution is 2.48. The molecular formula is C33H33N3O6. The molecule has 0 unspecified atom stereocenters. The Bertz CT molecular complexity index is 1600. The Hall–Kier alpha value is -4.47. The van der Waals surface area contributed by atoms with Crippen molar-refractivity contribution in [3.8, 4) is 11.5 Å². The van der Waals surface area contributed by atoms with E-state index in [0.717, 1.165) is 12.8 Å². The lowest BCUT2D eigenvalue weighted by Gasteiger charge is -2.28. The van der Waals surface area contributed by atoms with Gasteiger partial charge in [0.1, 0.15) is 5.75 Å². The first-order valence-corrected chi connectivity index (χ1v) is 14.2. The largest absolute Gasteiger partial charge is 0.454 e. The molecule has 3 aliphatic heterocycles. The molecule has 6 rings (SSSR count). The highest BCUT2D eigenvalue weighted by atomic mass is 16.5. The number of carbonyl (C=O) groups is 3. The fourth-order valence-corrected chi connectivity index (χ4v) is 6.23. The number of anilines is 3. The molecule has 9 nitrogen and oxygen atoms in total. The average molecular weight is 568 g/mol. The van der Waals surface area contributed by atoms with Crippen LogP contribution in [0.3, 0.4) is 0 Å². The fourth-order valence-electron chi connectivity index (χ4n) is 6.23. The zero-order valence-electron chi connectivity index (χ0n) is 23.6. The lowest BCUT2D eigenvalue weighted by Crippen LogP contribution is -2.43. The van der Waals surface area contributed by atoms with Crippen LogP contribution >= 0.6 is 0 Å². The summed E-state index contributed by atoms with van der Waals surface area (Å²) in [6.07, 6.45) is 5.11. The Morgan fingerprint density at radius 2 is 1.81 bits per heavy atom. The molecule has 0 radical (unpaired) electrons. The number of ether oxygens (including phenoxy) is 1. The minimum absolute atomic E-state index is 0.0622. The predicted molar refractivity (Wildman–Crippen MR) is 158 cm³/mol. The summed E-state index contributed by atoms with van der Waals surface area (Å²) in [7, 11) is 1.61. The summed E-state index contributed by atoms with van der Waals surface area (Å²) in [6, 6.07) is 19.3. The summed E-state index contributed by atoms with van der Waals surface area (Å²) in [5.74, 6) is -0.624. The maximum atomic E-state index is 13.9. The average Bonchev–Trinajstić information content (AvgIpc) is 3.52. The van der Waals surface area contributed by atoms with Crippen molar-refractivity contribution < 1.29 is 29.3 Å². The summed E-state index contributed by atoms with van der Waals surface area (Å²) in [6.45, 7) is 2.29. The van der Waals surface area contributed by atoms with Gasteiger partial charge in [0.25, 0.3) is 11.8 Å². The molecule has 1 saturated heterocycles. The minimum atomic E-state index is -1.91. The van der Waals surface area contributed by atoms with Crippen LogP contribution in [0.25, 0.3) is 0 Å². The van der Waals surface area contributed by atoms with Gasteiger partial charge in [-0.3, -0.25) is 19.3 Å². The monoisotopic (exact) mass is 567 g/mol. The number of amides is 3. The summed E-state index contributed by atoms with van der Waals surface area (Å²) < 4.78 is 6.12. The topological polar surface area (TPSA) is 111 Å². The van der Waals surface area contributed by atoms with Gasteiger partial charge in [0.05, 0.1) is 29.6 Å². The molecule has 216 valence electrons. The molecule has 42 heavy (non-hydrogen) atoms. The number of likely N-dealkylation sites (tertiary alicyclic amines) is 1. The Kier molecular flexibility index (Phi) is 7.08. The van der Waals surface area contributed by atoms with Gasteiger partial charge in [-0.25, -0.2) is 0 Å². The number of carbonyl (C=O) groups excluding carboxylic acids is 3. The van der Waals surface area contributed by atoms with Crippen LogP contribution < -0.4 is 14.5 Å². The second-order valence-electron chi connectivity index (χ2n) is 11.0. The molecule has 3 amide bonds. The van der Waals surface area contributed by atoms with Gasteiger partial charge in [0.2, 0.25) is 5.91 Å². The van der Waals surface area contributed by atoms with E-state index in [4.69, 9.17) is 4.74 Å². The highest BCUT2D eigenvalue weighted by Gasteiger charge is 2.52. The van der Waals surface area contributed by atoms with Crippen LogP contribution in [0.4, 0.5) is 17.1 Å². The Labute approximate surface area is 244 Å². The molecule has 0 saturated carbocycles. The quantitative estimate of drug-likeness (QED) is 0.425. The molecule has 3 aliphatic rings. The van der Waals surface area contributed by atoms with E-state index in [-0.39, 0.29) is 30.9 Å². The van der Waals surface area contributed by atoms with Crippen molar-refractivity contribution in [2.75, 3.05) is 30.0 Å². The zero-order chi connectivity index (χ0) is 29.6. The molecule has 3 heterocycles. The van der Waals surface area contributed by atoms with Crippen LogP contribution in [0.15, 0.2) is 78.9 Å². The smallest absolute Gasteiger partial charge is 0.266 e. The van der Waals surface area contributed by atoms with Gasteiger partial charge in [-0.2, -0.15) is 0 Å². The molecule has 2 N–H and O–H groups in total. The summed E-state index contributed by atoms with van der Waals surface area (Å²) >= 11 is 0. The number of nitrogens with zero attached hydrogens (tertiary/aromatic N) is 3. The van der Waals surface area contributed by atoms with Crippen molar-refractivity contribution in [3.05, 3.63) is 90.0 Å². The van der Waals surface area contributed by atoms with Crippen molar-refractivity contribution in [1.82, 2.24) is 4.90 Å². The maximum absolute atomic E-state index is 13.9. The number of aliphatic hydroxyl groups excluding tert-OH is 1. The number of hydrogen-bond donors (Lipinski definition) is 2. The fraction of sp³-hybridized carbons (Fsp3) is 0.303. The van der Waals surface area contributed by atoms with E-state index in [2.05, 4.69) is 0 Å². The molecule has 0 aliphatic carbocycles. The third-order valence-corrected chi connectivity index (χ3v) is 8.57. The van der Waals surface area contributed by atoms with E-state index < -0.39 is 17.4 Å². The number of benzene rings is 3. The first-order valence-electron chi connectivity index (χ1n) is 14.2. The SMILES string of the molecule is C[C@H](/C=C/CC(=O)N1CCC[C@H]1CO)[C@@]1(O)C(=O)N(C)c2ccc(N3C(=O)c4ccccc4Oc4ccccc43)cc21. The Balaban J connectivity index is 1.35. The van der Waals surface area contributed by atoms with Crippen LogP contribution in [0.1, 0.15) is 42.1 Å². The maximum Gasteiger partial charge on any atom is 0.266 e. The molecule has 3 aromatic rings. The summed E-state index contributed by atoms with van der Waals surface area (Å²) in [5, 5.41) is 21.6. The summed E-state index contributed by atoms with van der Waals surface area (Å²) in [5.41, 5.74) is 0.402. The van der Waals surface area contributed by atoms with E-state index in [1.807, 2.05) is 12.1 Å². The first kappa shape index (κ1) is 27.7. The Morgan fingerprint density at radius 3 is 2.60 bits per heavy atom. The molecular weight excluding hydrogens is 534 g/mol. The molecule has 3 aromatic carbocycles. The number of likely N-dealkylation sites (N-methyl/N-ethyl adjacent to an activating group) is 1. The van der Waals surface area contributed by atoms with Crippen molar-refractivity contribution in [1.29, 1.82) is 0 Å². The number of fused-ring (bicyclic) bond motifs is 3.